The van der Waals surface area contributed by atoms with E-state index in [2.05, 4.69) is 30.7 Å². The highest BCUT2D eigenvalue weighted by molar-refractivity contribution is 5.93. The normalized spacial score (nSPS) is 17.7. The summed E-state index contributed by atoms with van der Waals surface area (Å²) in [6, 6.07) is 4.69. The maximum atomic E-state index is 14.4. The van der Waals surface area contributed by atoms with Crippen LogP contribution in [-0.4, -0.2) is 54.6 Å². The molecule has 16 heteroatoms. The summed E-state index contributed by atoms with van der Waals surface area (Å²) in [4.78, 5) is 24.7. The van der Waals surface area contributed by atoms with Crippen molar-refractivity contribution in [3.05, 3.63) is 42.4 Å². The van der Waals surface area contributed by atoms with E-state index >= 15 is 0 Å². The quantitative estimate of drug-likeness (QED) is 0.279. The number of hydrogen-bond donors (Lipinski definition) is 2. The van der Waals surface area contributed by atoms with Crippen LogP contribution in [0.5, 0.6) is 11.5 Å². The molecule has 1 aliphatic carbocycles. The van der Waals surface area contributed by atoms with Gasteiger partial charge in [0.1, 0.15) is 23.0 Å². The SMILES string of the molecule is Cn1c(Nc2cc(C(F)(F)C(F)(F)F)n([C@H]3CCOC3)n2)nc2ncc(Oc3ccnc(NC(=O)C4CC4)c3)cc21. The lowest BCUT2D eigenvalue weighted by Crippen LogP contribution is -2.36. The van der Waals surface area contributed by atoms with E-state index in [9.17, 15) is 26.7 Å². The van der Waals surface area contributed by atoms with Crippen LogP contribution in [0.1, 0.15) is 31.0 Å². The van der Waals surface area contributed by atoms with Crippen molar-refractivity contribution in [2.24, 2.45) is 13.0 Å². The van der Waals surface area contributed by atoms with Gasteiger partial charge in [-0.05, 0) is 25.3 Å². The Hall–Kier alpha value is -4.34. The van der Waals surface area contributed by atoms with Crippen LogP contribution in [0.15, 0.2) is 36.7 Å². The predicted molar refractivity (Wildman–Crippen MR) is 134 cm³/mol. The number of alkyl halides is 5. The van der Waals surface area contributed by atoms with E-state index in [1.54, 1.807) is 25.2 Å². The fourth-order valence-corrected chi connectivity index (χ4v) is 4.41. The van der Waals surface area contributed by atoms with Crippen LogP contribution in [0.25, 0.3) is 11.2 Å². The summed E-state index contributed by atoms with van der Waals surface area (Å²) >= 11 is 0. The van der Waals surface area contributed by atoms with Gasteiger partial charge in [-0.1, -0.05) is 0 Å². The number of nitrogens with one attached hydrogen (secondary N) is 2. The number of halogens is 5. The van der Waals surface area contributed by atoms with Crippen LogP contribution < -0.4 is 15.4 Å². The second-order valence-electron chi connectivity index (χ2n) is 9.82. The number of carbonyl (C=O) groups is 1. The molecule has 41 heavy (non-hydrogen) atoms. The molecule has 0 unspecified atom stereocenters. The lowest BCUT2D eigenvalue weighted by atomic mass is 10.2. The van der Waals surface area contributed by atoms with Crippen molar-refractivity contribution in [3.8, 4) is 11.5 Å². The number of rotatable bonds is 8. The molecule has 216 valence electrons. The van der Waals surface area contributed by atoms with Gasteiger partial charge in [0.25, 0.3) is 0 Å². The molecular formula is C25H23F5N8O3. The monoisotopic (exact) mass is 578 g/mol. The van der Waals surface area contributed by atoms with E-state index in [0.29, 0.717) is 33.6 Å². The molecule has 5 heterocycles. The van der Waals surface area contributed by atoms with Gasteiger partial charge in [-0.15, -0.1) is 0 Å². The highest BCUT2D eigenvalue weighted by Crippen LogP contribution is 2.45. The molecule has 0 radical (unpaired) electrons. The van der Waals surface area contributed by atoms with Crippen LogP contribution in [0.2, 0.25) is 0 Å². The summed E-state index contributed by atoms with van der Waals surface area (Å²) in [5.41, 5.74) is -0.551. The van der Waals surface area contributed by atoms with Crippen molar-refractivity contribution in [2.75, 3.05) is 23.8 Å². The van der Waals surface area contributed by atoms with E-state index in [1.807, 2.05) is 0 Å². The topological polar surface area (TPSA) is 121 Å². The van der Waals surface area contributed by atoms with E-state index in [1.165, 1.54) is 17.0 Å². The largest absolute Gasteiger partial charge is 0.459 e. The molecule has 2 fully saturated rings. The Morgan fingerprint density at radius 3 is 2.59 bits per heavy atom. The Morgan fingerprint density at radius 1 is 1.07 bits per heavy atom. The minimum Gasteiger partial charge on any atom is -0.455 e. The maximum absolute atomic E-state index is 14.4. The van der Waals surface area contributed by atoms with E-state index in [0.717, 1.165) is 12.8 Å². The molecule has 1 aliphatic heterocycles. The molecule has 1 saturated heterocycles. The zero-order chi connectivity index (χ0) is 28.9. The smallest absolute Gasteiger partial charge is 0.455 e. The Labute approximate surface area is 228 Å². The molecule has 2 N–H and O–H groups in total. The lowest BCUT2D eigenvalue weighted by molar-refractivity contribution is -0.292. The lowest BCUT2D eigenvalue weighted by Gasteiger charge is -2.22. The number of fused-ring (bicyclic) bond motifs is 1. The molecule has 4 aromatic heterocycles. The van der Waals surface area contributed by atoms with Crippen LogP contribution >= 0.6 is 0 Å². The molecular weight excluding hydrogens is 555 g/mol. The third-order valence-electron chi connectivity index (χ3n) is 6.78. The molecule has 1 atom stereocenters. The van der Waals surface area contributed by atoms with E-state index < -0.39 is 23.8 Å². The van der Waals surface area contributed by atoms with E-state index in [4.69, 9.17) is 9.47 Å². The number of anilines is 3. The minimum absolute atomic E-state index is 0.0128. The number of pyridine rings is 2. The van der Waals surface area contributed by atoms with Crippen molar-refractivity contribution in [3.63, 3.8) is 0 Å². The van der Waals surface area contributed by atoms with Crippen LogP contribution in [-0.2, 0) is 22.5 Å². The Bertz CT molecular complexity index is 1610. The van der Waals surface area contributed by atoms with Gasteiger partial charge in [0.05, 0.1) is 24.4 Å². The first kappa shape index (κ1) is 26.9. The first-order valence-electron chi connectivity index (χ1n) is 12.7. The summed E-state index contributed by atoms with van der Waals surface area (Å²) in [5.74, 6) is -4.28. The zero-order valence-corrected chi connectivity index (χ0v) is 21.5. The fraction of sp³-hybridized carbons (Fsp3) is 0.400. The number of aryl methyl sites for hydroxylation is 1. The van der Waals surface area contributed by atoms with E-state index in [-0.39, 0.29) is 48.9 Å². The number of amides is 1. The Balaban J connectivity index is 1.25. The summed E-state index contributed by atoms with van der Waals surface area (Å²) < 4.78 is 81.8. The minimum atomic E-state index is -5.81. The van der Waals surface area contributed by atoms with Gasteiger partial charge in [0.15, 0.2) is 11.5 Å². The van der Waals surface area contributed by atoms with Crippen molar-refractivity contribution in [1.82, 2.24) is 29.3 Å². The molecule has 0 spiro atoms. The highest BCUT2D eigenvalue weighted by atomic mass is 19.4. The average molecular weight is 579 g/mol. The standard InChI is InChI=1S/C25H23F5N8O3/c1-37-17-8-16(41-15-4-6-31-19(9-15)33-22(39)13-2-3-13)11-32-21(17)35-23(37)34-20-10-18(24(26,27)25(28,29)30)38(36-20)14-5-7-40-12-14/h4,6,8-11,13-14H,2-3,5,7,12H2,1H3,(H,31,33,39)(H,32,34,35,36)/t14-/m0/s1. The molecule has 0 bridgehead atoms. The first-order valence-corrected chi connectivity index (χ1v) is 12.7. The number of carbonyl (C=O) groups excluding carboxylic acids is 1. The van der Waals surface area contributed by atoms with Gasteiger partial charge in [0, 0.05) is 44.0 Å². The van der Waals surface area contributed by atoms with Gasteiger partial charge >= 0.3 is 12.1 Å². The summed E-state index contributed by atoms with van der Waals surface area (Å²) in [6.07, 6.45) is -0.950. The molecule has 11 nitrogen and oxygen atoms in total. The number of aromatic nitrogens is 6. The number of imidazole rings is 1. The molecule has 2 aliphatic rings. The Kier molecular flexibility index (Phi) is 6.51. The summed E-state index contributed by atoms with van der Waals surface area (Å²) in [7, 11) is 1.61. The third kappa shape index (κ3) is 5.26. The first-order chi connectivity index (χ1) is 19.5. The van der Waals surface area contributed by atoms with Crippen LogP contribution in [0.3, 0.4) is 0 Å². The molecule has 4 aromatic rings. The molecule has 6 rings (SSSR count). The number of hydrogen-bond acceptors (Lipinski definition) is 8. The molecule has 1 saturated carbocycles. The van der Waals surface area contributed by atoms with Crippen LogP contribution in [0, 0.1) is 5.92 Å². The third-order valence-corrected chi connectivity index (χ3v) is 6.78. The number of nitrogens with zero attached hydrogens (tertiary/aromatic N) is 6. The maximum Gasteiger partial charge on any atom is 0.459 e. The van der Waals surface area contributed by atoms with Crippen molar-refractivity contribution in [1.29, 1.82) is 0 Å². The second kappa shape index (κ2) is 9.94. The molecule has 0 aromatic carbocycles. The van der Waals surface area contributed by atoms with Crippen molar-refractivity contribution in [2.45, 2.75) is 37.4 Å². The summed E-state index contributed by atoms with van der Waals surface area (Å²) in [5, 5.41) is 9.48. The zero-order valence-electron chi connectivity index (χ0n) is 21.5. The van der Waals surface area contributed by atoms with Gasteiger partial charge in [-0.3, -0.25) is 9.48 Å². The van der Waals surface area contributed by atoms with Gasteiger partial charge in [-0.2, -0.15) is 32.0 Å². The van der Waals surface area contributed by atoms with Gasteiger partial charge in [-0.25, -0.2) is 9.97 Å². The Morgan fingerprint density at radius 2 is 1.88 bits per heavy atom. The van der Waals surface area contributed by atoms with Crippen molar-refractivity contribution < 1.29 is 36.2 Å². The second-order valence-corrected chi connectivity index (χ2v) is 9.82. The number of ether oxygens (including phenoxy) is 2. The highest BCUT2D eigenvalue weighted by Gasteiger charge is 2.61. The van der Waals surface area contributed by atoms with Gasteiger partial charge < -0.3 is 24.7 Å². The average Bonchev–Trinajstić information content (AvgIpc) is 3.32. The van der Waals surface area contributed by atoms with Gasteiger partial charge in [0.2, 0.25) is 11.9 Å². The fourth-order valence-electron chi connectivity index (χ4n) is 4.41. The summed E-state index contributed by atoms with van der Waals surface area (Å²) in [6.45, 7) is 0.188. The van der Waals surface area contributed by atoms with Crippen LogP contribution in [0.4, 0.5) is 39.5 Å². The molecule has 1 amide bonds. The predicted octanol–water partition coefficient (Wildman–Crippen LogP) is 5.06. The van der Waals surface area contributed by atoms with Crippen molar-refractivity contribution >= 4 is 34.7 Å².